The minimum atomic E-state index is 1.17. The van der Waals surface area contributed by atoms with E-state index < -0.39 is 0 Å². The highest BCUT2D eigenvalue weighted by Crippen LogP contribution is 2.17. The fraction of sp³-hybridized carbons (Fsp3) is 0.667. The molecular formula is C12H20. The van der Waals surface area contributed by atoms with Crippen molar-refractivity contribution in [3.8, 4) is 0 Å². The average Bonchev–Trinajstić information content (AvgIpc) is 2.14. The molecule has 0 amide bonds. The summed E-state index contributed by atoms with van der Waals surface area (Å²) in [5.41, 5.74) is 1.66. The van der Waals surface area contributed by atoms with E-state index in [1.807, 2.05) is 0 Å². The van der Waals surface area contributed by atoms with Gasteiger partial charge in [0.2, 0.25) is 0 Å². The molecule has 1 aliphatic rings. The van der Waals surface area contributed by atoms with Crippen LogP contribution in [0.1, 0.15) is 51.9 Å². The predicted octanol–water partition coefficient (Wildman–Crippen LogP) is 4.23. The SMILES string of the molecule is CCCCCCC1=CCC=CC1. The summed E-state index contributed by atoms with van der Waals surface area (Å²) < 4.78 is 0. The van der Waals surface area contributed by atoms with Gasteiger partial charge in [-0.3, -0.25) is 0 Å². The van der Waals surface area contributed by atoms with E-state index in [1.165, 1.54) is 44.9 Å². The van der Waals surface area contributed by atoms with Crippen LogP contribution in [0.4, 0.5) is 0 Å². The van der Waals surface area contributed by atoms with Gasteiger partial charge in [0, 0.05) is 0 Å². The molecule has 0 unspecified atom stereocenters. The average molecular weight is 164 g/mol. The third kappa shape index (κ3) is 3.75. The zero-order valence-corrected chi connectivity index (χ0v) is 8.18. The zero-order valence-electron chi connectivity index (χ0n) is 8.18. The molecule has 0 fully saturated rings. The Morgan fingerprint density at radius 1 is 1.17 bits per heavy atom. The highest BCUT2D eigenvalue weighted by molar-refractivity contribution is 5.14. The molecule has 0 N–H and O–H groups in total. The van der Waals surface area contributed by atoms with Crippen LogP contribution in [0.15, 0.2) is 23.8 Å². The minimum Gasteiger partial charge on any atom is -0.0844 e. The molecule has 0 atom stereocenters. The lowest BCUT2D eigenvalue weighted by atomic mass is 9.99. The van der Waals surface area contributed by atoms with Crippen LogP contribution >= 0.6 is 0 Å². The van der Waals surface area contributed by atoms with Gasteiger partial charge in [-0.2, -0.15) is 0 Å². The maximum absolute atomic E-state index is 2.39. The van der Waals surface area contributed by atoms with E-state index in [2.05, 4.69) is 25.2 Å². The third-order valence-electron chi connectivity index (χ3n) is 2.44. The van der Waals surface area contributed by atoms with Crippen molar-refractivity contribution in [3.05, 3.63) is 23.8 Å². The summed E-state index contributed by atoms with van der Waals surface area (Å²) in [4.78, 5) is 0. The van der Waals surface area contributed by atoms with Crippen LogP contribution < -0.4 is 0 Å². The molecule has 0 spiro atoms. The molecule has 1 rings (SSSR count). The molecule has 0 aromatic rings. The van der Waals surface area contributed by atoms with Crippen molar-refractivity contribution in [3.63, 3.8) is 0 Å². The summed E-state index contributed by atoms with van der Waals surface area (Å²) in [7, 11) is 0. The van der Waals surface area contributed by atoms with Crippen LogP contribution in [0, 0.1) is 0 Å². The summed E-state index contributed by atoms with van der Waals surface area (Å²) >= 11 is 0. The normalized spacial score (nSPS) is 16.2. The Kier molecular flexibility index (Phi) is 4.82. The molecule has 0 radical (unpaired) electrons. The number of rotatable bonds is 5. The Morgan fingerprint density at radius 3 is 2.75 bits per heavy atom. The van der Waals surface area contributed by atoms with E-state index in [1.54, 1.807) is 5.57 Å². The fourth-order valence-corrected chi connectivity index (χ4v) is 1.63. The van der Waals surface area contributed by atoms with E-state index >= 15 is 0 Å². The van der Waals surface area contributed by atoms with Crippen molar-refractivity contribution in [2.24, 2.45) is 0 Å². The first kappa shape index (κ1) is 9.57. The Morgan fingerprint density at radius 2 is 2.08 bits per heavy atom. The molecule has 0 saturated carbocycles. The molecule has 0 bridgehead atoms. The zero-order chi connectivity index (χ0) is 8.65. The Bertz CT molecular complexity index is 163. The predicted molar refractivity (Wildman–Crippen MR) is 55.2 cm³/mol. The van der Waals surface area contributed by atoms with Gasteiger partial charge in [0.15, 0.2) is 0 Å². The highest BCUT2D eigenvalue weighted by atomic mass is 14.0. The molecule has 1 aliphatic carbocycles. The van der Waals surface area contributed by atoms with Gasteiger partial charge in [0.05, 0.1) is 0 Å². The van der Waals surface area contributed by atoms with E-state index in [-0.39, 0.29) is 0 Å². The van der Waals surface area contributed by atoms with Crippen LogP contribution in [-0.4, -0.2) is 0 Å². The van der Waals surface area contributed by atoms with Crippen molar-refractivity contribution < 1.29 is 0 Å². The molecule has 0 heterocycles. The quantitative estimate of drug-likeness (QED) is 0.421. The second kappa shape index (κ2) is 6.05. The minimum absolute atomic E-state index is 1.17. The van der Waals surface area contributed by atoms with Crippen LogP contribution in [0.2, 0.25) is 0 Å². The summed E-state index contributed by atoms with van der Waals surface area (Å²) in [6.45, 7) is 2.27. The van der Waals surface area contributed by atoms with E-state index in [4.69, 9.17) is 0 Å². The second-order valence-electron chi connectivity index (χ2n) is 3.58. The monoisotopic (exact) mass is 164 g/mol. The summed E-state index contributed by atoms with van der Waals surface area (Å²) in [6, 6.07) is 0. The fourth-order valence-electron chi connectivity index (χ4n) is 1.63. The third-order valence-corrected chi connectivity index (χ3v) is 2.44. The van der Waals surface area contributed by atoms with Gasteiger partial charge in [-0.15, -0.1) is 0 Å². The molecule has 0 aromatic heterocycles. The van der Waals surface area contributed by atoms with Crippen LogP contribution in [-0.2, 0) is 0 Å². The van der Waals surface area contributed by atoms with Crippen molar-refractivity contribution in [1.82, 2.24) is 0 Å². The molecule has 0 aliphatic heterocycles. The van der Waals surface area contributed by atoms with Crippen molar-refractivity contribution in [2.75, 3.05) is 0 Å². The van der Waals surface area contributed by atoms with Gasteiger partial charge in [0.1, 0.15) is 0 Å². The van der Waals surface area contributed by atoms with Crippen molar-refractivity contribution in [2.45, 2.75) is 51.9 Å². The lowest BCUT2D eigenvalue weighted by Gasteiger charge is -2.07. The number of unbranched alkanes of at least 4 members (excludes halogenated alkanes) is 3. The summed E-state index contributed by atoms with van der Waals surface area (Å²) in [5.74, 6) is 0. The van der Waals surface area contributed by atoms with Crippen LogP contribution in [0.3, 0.4) is 0 Å². The van der Waals surface area contributed by atoms with Gasteiger partial charge in [0.25, 0.3) is 0 Å². The number of hydrogen-bond donors (Lipinski definition) is 0. The molecule has 0 nitrogen and oxygen atoms in total. The summed E-state index contributed by atoms with van der Waals surface area (Å²) in [5, 5.41) is 0. The summed E-state index contributed by atoms with van der Waals surface area (Å²) in [6.07, 6.45) is 16.2. The van der Waals surface area contributed by atoms with E-state index in [0.29, 0.717) is 0 Å². The maximum atomic E-state index is 2.39. The van der Waals surface area contributed by atoms with E-state index in [9.17, 15) is 0 Å². The largest absolute Gasteiger partial charge is 0.0844 e. The highest BCUT2D eigenvalue weighted by Gasteiger charge is 1.97. The first-order chi connectivity index (χ1) is 5.93. The second-order valence-corrected chi connectivity index (χ2v) is 3.58. The van der Waals surface area contributed by atoms with Crippen molar-refractivity contribution >= 4 is 0 Å². The Hall–Kier alpha value is -0.520. The van der Waals surface area contributed by atoms with Crippen molar-refractivity contribution in [1.29, 1.82) is 0 Å². The standard InChI is InChI=1S/C12H20/c1-2-3-4-6-9-12-10-7-5-8-11-12/h5,7,11H,2-4,6,8-10H2,1H3. The molecule has 12 heavy (non-hydrogen) atoms. The van der Waals surface area contributed by atoms with Crippen LogP contribution in [0.5, 0.6) is 0 Å². The topological polar surface area (TPSA) is 0 Å². The molecule has 68 valence electrons. The molecular weight excluding hydrogens is 144 g/mol. The van der Waals surface area contributed by atoms with Crippen LogP contribution in [0.25, 0.3) is 0 Å². The lowest BCUT2D eigenvalue weighted by Crippen LogP contribution is -1.87. The maximum Gasteiger partial charge on any atom is -0.0139 e. The van der Waals surface area contributed by atoms with Gasteiger partial charge in [-0.25, -0.2) is 0 Å². The molecule has 0 aromatic carbocycles. The molecule has 0 saturated heterocycles. The van der Waals surface area contributed by atoms with Gasteiger partial charge in [-0.1, -0.05) is 50.0 Å². The van der Waals surface area contributed by atoms with Gasteiger partial charge in [-0.05, 0) is 25.7 Å². The van der Waals surface area contributed by atoms with E-state index in [0.717, 1.165) is 0 Å². The smallest absolute Gasteiger partial charge is 0.0139 e. The first-order valence-electron chi connectivity index (χ1n) is 5.26. The Balaban J connectivity index is 2.03. The Labute approximate surface area is 76.4 Å². The van der Waals surface area contributed by atoms with Gasteiger partial charge >= 0.3 is 0 Å². The number of allylic oxidation sites excluding steroid dienone is 4. The molecule has 0 heteroatoms. The lowest BCUT2D eigenvalue weighted by molar-refractivity contribution is 0.659. The number of hydrogen-bond acceptors (Lipinski definition) is 0. The first-order valence-corrected chi connectivity index (χ1v) is 5.26. The van der Waals surface area contributed by atoms with Gasteiger partial charge < -0.3 is 0 Å².